The minimum Gasteiger partial charge on any atom is -0.497 e. The SMILES string of the molecule is COc1ccc(C(=O)Oc2ccc(C=Nc3ccccc3C)cc2[N+](=O)[O-])cc1. The third-order valence-corrected chi connectivity index (χ3v) is 4.18. The van der Waals surface area contributed by atoms with E-state index in [1.807, 2.05) is 31.2 Å². The van der Waals surface area contributed by atoms with Gasteiger partial charge in [-0.1, -0.05) is 18.2 Å². The summed E-state index contributed by atoms with van der Waals surface area (Å²) < 4.78 is 10.3. The summed E-state index contributed by atoms with van der Waals surface area (Å²) in [6.45, 7) is 1.93. The third kappa shape index (κ3) is 4.84. The van der Waals surface area contributed by atoms with E-state index in [1.54, 1.807) is 18.2 Å². The maximum absolute atomic E-state index is 12.3. The highest BCUT2D eigenvalue weighted by Crippen LogP contribution is 2.29. The van der Waals surface area contributed by atoms with Crippen molar-refractivity contribution in [2.75, 3.05) is 7.11 Å². The van der Waals surface area contributed by atoms with Crippen molar-refractivity contribution in [1.29, 1.82) is 0 Å². The van der Waals surface area contributed by atoms with Gasteiger partial charge in [-0.15, -0.1) is 0 Å². The van der Waals surface area contributed by atoms with Crippen LogP contribution in [0.25, 0.3) is 0 Å². The smallest absolute Gasteiger partial charge is 0.343 e. The molecule has 3 rings (SSSR count). The molecule has 0 unspecified atom stereocenters. The summed E-state index contributed by atoms with van der Waals surface area (Å²) in [6, 6.07) is 18.1. The second kappa shape index (κ2) is 8.79. The molecule has 0 bridgehead atoms. The van der Waals surface area contributed by atoms with E-state index in [4.69, 9.17) is 9.47 Å². The van der Waals surface area contributed by atoms with E-state index in [0.717, 1.165) is 11.3 Å². The molecule has 146 valence electrons. The zero-order chi connectivity index (χ0) is 20.8. The van der Waals surface area contributed by atoms with Gasteiger partial charge in [0.15, 0.2) is 0 Å². The number of rotatable bonds is 6. The summed E-state index contributed by atoms with van der Waals surface area (Å²) in [5.41, 5.74) is 2.21. The lowest BCUT2D eigenvalue weighted by Crippen LogP contribution is -2.10. The molecule has 0 N–H and O–H groups in total. The number of carbonyl (C=O) groups is 1. The molecule has 0 atom stereocenters. The Kier molecular flexibility index (Phi) is 5.99. The second-order valence-corrected chi connectivity index (χ2v) is 6.15. The number of methoxy groups -OCH3 is 1. The number of esters is 1. The number of ether oxygens (including phenoxy) is 2. The maximum atomic E-state index is 12.3. The van der Waals surface area contributed by atoms with Crippen molar-refractivity contribution in [1.82, 2.24) is 0 Å². The van der Waals surface area contributed by atoms with Crippen molar-refractivity contribution in [3.8, 4) is 11.5 Å². The number of aliphatic imine (C=N–C) groups is 1. The van der Waals surface area contributed by atoms with Crippen LogP contribution in [0.2, 0.25) is 0 Å². The molecular weight excluding hydrogens is 372 g/mol. The topological polar surface area (TPSA) is 91.0 Å². The first-order chi connectivity index (χ1) is 14.0. The maximum Gasteiger partial charge on any atom is 0.343 e. The molecule has 3 aromatic carbocycles. The molecule has 0 aliphatic rings. The van der Waals surface area contributed by atoms with Crippen LogP contribution in [0.15, 0.2) is 71.7 Å². The molecule has 7 nitrogen and oxygen atoms in total. The normalized spacial score (nSPS) is 10.7. The van der Waals surface area contributed by atoms with Crippen LogP contribution in [0.5, 0.6) is 11.5 Å². The molecule has 0 aliphatic heterocycles. The molecule has 7 heteroatoms. The molecule has 0 aliphatic carbocycles. The minimum atomic E-state index is -0.697. The molecule has 0 amide bonds. The zero-order valence-electron chi connectivity index (χ0n) is 15.9. The molecule has 0 radical (unpaired) electrons. The third-order valence-electron chi connectivity index (χ3n) is 4.18. The molecule has 0 saturated carbocycles. The Balaban J connectivity index is 1.83. The fourth-order valence-electron chi connectivity index (χ4n) is 2.58. The van der Waals surface area contributed by atoms with Crippen molar-refractivity contribution in [2.24, 2.45) is 4.99 Å². The summed E-state index contributed by atoms with van der Waals surface area (Å²) in [5.74, 6) is -0.245. The quantitative estimate of drug-likeness (QED) is 0.197. The van der Waals surface area contributed by atoms with E-state index in [2.05, 4.69) is 4.99 Å². The average Bonchev–Trinajstić information content (AvgIpc) is 2.73. The Labute approximate surface area is 167 Å². The van der Waals surface area contributed by atoms with Gasteiger partial charge in [-0.25, -0.2) is 4.79 Å². The van der Waals surface area contributed by atoms with Crippen LogP contribution in [0.3, 0.4) is 0 Å². The minimum absolute atomic E-state index is 0.135. The number of hydrogen-bond acceptors (Lipinski definition) is 6. The Morgan fingerprint density at radius 2 is 1.79 bits per heavy atom. The van der Waals surface area contributed by atoms with Crippen LogP contribution in [0.1, 0.15) is 21.5 Å². The van der Waals surface area contributed by atoms with Gasteiger partial charge in [0.2, 0.25) is 5.75 Å². The van der Waals surface area contributed by atoms with E-state index in [9.17, 15) is 14.9 Å². The van der Waals surface area contributed by atoms with E-state index < -0.39 is 10.9 Å². The molecule has 0 heterocycles. The Hall–Kier alpha value is -4.00. The summed E-state index contributed by atoms with van der Waals surface area (Å²) >= 11 is 0. The lowest BCUT2D eigenvalue weighted by molar-refractivity contribution is -0.385. The van der Waals surface area contributed by atoms with Gasteiger partial charge in [0.1, 0.15) is 5.75 Å². The second-order valence-electron chi connectivity index (χ2n) is 6.15. The number of carbonyl (C=O) groups excluding carboxylic acids is 1. The molecule has 0 spiro atoms. The van der Waals surface area contributed by atoms with Gasteiger partial charge in [-0.2, -0.15) is 0 Å². The summed E-state index contributed by atoms with van der Waals surface area (Å²) in [4.78, 5) is 27.5. The lowest BCUT2D eigenvalue weighted by atomic mass is 10.2. The van der Waals surface area contributed by atoms with E-state index >= 15 is 0 Å². The van der Waals surface area contributed by atoms with E-state index in [0.29, 0.717) is 11.3 Å². The van der Waals surface area contributed by atoms with Crippen LogP contribution in [-0.2, 0) is 0 Å². The van der Waals surface area contributed by atoms with Crippen LogP contribution < -0.4 is 9.47 Å². The monoisotopic (exact) mass is 390 g/mol. The first-order valence-electron chi connectivity index (χ1n) is 8.72. The van der Waals surface area contributed by atoms with E-state index in [-0.39, 0.29) is 17.0 Å². The highest BCUT2D eigenvalue weighted by atomic mass is 16.6. The Bertz CT molecular complexity index is 1070. The molecular formula is C22H18N2O5. The zero-order valence-corrected chi connectivity index (χ0v) is 15.9. The van der Waals surface area contributed by atoms with Gasteiger partial charge < -0.3 is 9.47 Å². The van der Waals surface area contributed by atoms with Crippen LogP contribution in [-0.4, -0.2) is 24.2 Å². The summed E-state index contributed by atoms with van der Waals surface area (Å²) in [6.07, 6.45) is 1.53. The van der Waals surface area contributed by atoms with Gasteiger partial charge in [0, 0.05) is 12.3 Å². The fourth-order valence-corrected chi connectivity index (χ4v) is 2.58. The first-order valence-corrected chi connectivity index (χ1v) is 8.72. The van der Waals surface area contributed by atoms with Crippen molar-refractivity contribution < 1.29 is 19.2 Å². The fraction of sp³-hybridized carbons (Fsp3) is 0.0909. The predicted molar refractivity (Wildman–Crippen MR) is 109 cm³/mol. The highest BCUT2D eigenvalue weighted by molar-refractivity contribution is 5.92. The van der Waals surface area contributed by atoms with E-state index in [1.165, 1.54) is 37.6 Å². The molecule has 0 fully saturated rings. The molecule has 29 heavy (non-hydrogen) atoms. The Morgan fingerprint density at radius 1 is 1.07 bits per heavy atom. The van der Waals surface area contributed by atoms with Gasteiger partial charge in [0.05, 0.1) is 23.3 Å². The number of hydrogen-bond donors (Lipinski definition) is 0. The summed E-state index contributed by atoms with van der Waals surface area (Å²) in [7, 11) is 1.51. The number of aryl methyl sites for hydroxylation is 1. The standard InChI is InChI=1S/C22H18N2O5/c1-15-5-3-4-6-19(15)23-14-16-7-12-21(20(13-16)24(26)27)29-22(25)17-8-10-18(28-2)11-9-17/h3-14H,1-2H3. The predicted octanol–water partition coefficient (Wildman–Crippen LogP) is 4.88. The molecule has 3 aromatic rings. The average molecular weight is 390 g/mol. The highest BCUT2D eigenvalue weighted by Gasteiger charge is 2.19. The number of para-hydroxylation sites is 1. The van der Waals surface area contributed by atoms with Crippen molar-refractivity contribution in [3.63, 3.8) is 0 Å². The lowest BCUT2D eigenvalue weighted by Gasteiger charge is -2.06. The van der Waals surface area contributed by atoms with Crippen LogP contribution in [0, 0.1) is 17.0 Å². The first kappa shape index (κ1) is 19.8. The number of nitro groups is 1. The Morgan fingerprint density at radius 3 is 2.45 bits per heavy atom. The van der Waals surface area contributed by atoms with Gasteiger partial charge >= 0.3 is 11.7 Å². The number of nitro benzene ring substituents is 1. The van der Waals surface area contributed by atoms with Gasteiger partial charge in [-0.3, -0.25) is 15.1 Å². The van der Waals surface area contributed by atoms with Gasteiger partial charge in [0.25, 0.3) is 0 Å². The number of nitrogens with zero attached hydrogens (tertiary/aromatic N) is 2. The largest absolute Gasteiger partial charge is 0.497 e. The van der Waals surface area contributed by atoms with Crippen LogP contribution in [0.4, 0.5) is 11.4 Å². The molecule has 0 saturated heterocycles. The van der Waals surface area contributed by atoms with Crippen molar-refractivity contribution >= 4 is 23.6 Å². The summed E-state index contributed by atoms with van der Waals surface area (Å²) in [5, 5.41) is 11.5. The molecule has 0 aromatic heterocycles. The van der Waals surface area contributed by atoms with Gasteiger partial charge in [-0.05, 0) is 60.5 Å². The van der Waals surface area contributed by atoms with Crippen molar-refractivity contribution in [2.45, 2.75) is 6.92 Å². The van der Waals surface area contributed by atoms with Crippen molar-refractivity contribution in [3.05, 3.63) is 93.5 Å². The van der Waals surface area contributed by atoms with Crippen LogP contribution >= 0.6 is 0 Å². The number of benzene rings is 3.